The normalized spacial score (nSPS) is 12.3. The van der Waals surface area contributed by atoms with E-state index < -0.39 is 34.1 Å². The van der Waals surface area contributed by atoms with Gasteiger partial charge in [-0.3, -0.25) is 13.9 Å². The van der Waals surface area contributed by atoms with E-state index in [0.29, 0.717) is 10.8 Å². The van der Waals surface area contributed by atoms with Gasteiger partial charge in [-0.2, -0.15) is 0 Å². The number of ether oxygens (including phenoxy) is 2. The molecular weight excluding hydrogens is 578 g/mol. The number of nitrogens with one attached hydrogen (secondary N) is 1. The van der Waals surface area contributed by atoms with E-state index in [0.717, 1.165) is 15.4 Å². The number of carbonyl (C=O) groups excluding carboxylic acids is 2. The molecule has 3 rings (SSSR count). The number of carbonyl (C=O) groups is 2. The number of hydrogen-bond acceptors (Lipinski definition) is 6. The Morgan fingerprint density at radius 3 is 2.07 bits per heavy atom. The minimum absolute atomic E-state index is 0.0999. The Balaban J connectivity index is 2.07. The molecule has 0 heterocycles. The van der Waals surface area contributed by atoms with Crippen LogP contribution in [-0.2, 0) is 26.2 Å². The minimum atomic E-state index is -4.30. The zero-order chi connectivity index (χ0) is 31.2. The molecule has 9 nitrogen and oxygen atoms in total. The van der Waals surface area contributed by atoms with Crippen LogP contribution >= 0.6 is 11.6 Å². The third-order valence-corrected chi connectivity index (χ3v) is 8.50. The summed E-state index contributed by atoms with van der Waals surface area (Å²) in [4.78, 5) is 28.5. The maximum Gasteiger partial charge on any atom is 0.264 e. The molecule has 3 aromatic rings. The number of benzene rings is 3. The number of nitrogens with zero attached hydrogens (tertiary/aromatic N) is 2. The van der Waals surface area contributed by atoms with Gasteiger partial charge < -0.3 is 19.7 Å². The topological polar surface area (TPSA) is 105 Å². The fraction of sp³-hybridized carbons (Fsp3) is 0.355. The average Bonchev–Trinajstić information content (AvgIpc) is 2.94. The standard InChI is InChI=1S/C31H38ClN3O6S/c1-21-8-10-23(11-9-21)19-34(22(2)30(37)33-31(3,4)5)29(36)20-35(25-14-12-24(32)13-15-25)42(38,39)26-16-17-27(40-6)28(18-26)41-7/h8-18,22H,19-20H2,1-7H3,(H,33,37)/t22-/m0/s1. The number of halogens is 1. The highest BCUT2D eigenvalue weighted by Gasteiger charge is 2.33. The van der Waals surface area contributed by atoms with Gasteiger partial charge >= 0.3 is 0 Å². The monoisotopic (exact) mass is 615 g/mol. The van der Waals surface area contributed by atoms with Gasteiger partial charge in [-0.05, 0) is 76.6 Å². The molecule has 42 heavy (non-hydrogen) atoms. The number of amides is 2. The second-order valence-electron chi connectivity index (χ2n) is 10.9. The third-order valence-electron chi connectivity index (χ3n) is 6.48. The molecule has 0 bridgehead atoms. The predicted octanol–water partition coefficient (Wildman–Crippen LogP) is 5.19. The largest absolute Gasteiger partial charge is 0.493 e. The van der Waals surface area contributed by atoms with Crippen molar-refractivity contribution in [1.82, 2.24) is 10.2 Å². The summed E-state index contributed by atoms with van der Waals surface area (Å²) >= 11 is 6.09. The fourth-order valence-corrected chi connectivity index (χ4v) is 5.74. The summed E-state index contributed by atoms with van der Waals surface area (Å²) in [5.74, 6) is -0.349. The van der Waals surface area contributed by atoms with E-state index in [2.05, 4.69) is 5.32 Å². The number of rotatable bonds is 11. The van der Waals surface area contributed by atoms with E-state index in [9.17, 15) is 18.0 Å². The molecule has 2 amide bonds. The maximum atomic E-state index is 14.1. The molecule has 3 aromatic carbocycles. The van der Waals surface area contributed by atoms with Crippen LogP contribution in [0.2, 0.25) is 5.02 Å². The lowest BCUT2D eigenvalue weighted by atomic mass is 10.1. The van der Waals surface area contributed by atoms with Gasteiger partial charge in [0.15, 0.2) is 11.5 Å². The summed E-state index contributed by atoms with van der Waals surface area (Å²) in [5.41, 5.74) is 1.54. The van der Waals surface area contributed by atoms with Crippen molar-refractivity contribution in [3.63, 3.8) is 0 Å². The van der Waals surface area contributed by atoms with Gasteiger partial charge in [0.2, 0.25) is 11.8 Å². The van der Waals surface area contributed by atoms with Crippen molar-refractivity contribution in [2.45, 2.75) is 57.6 Å². The van der Waals surface area contributed by atoms with Crippen molar-refractivity contribution in [2.75, 3.05) is 25.1 Å². The lowest BCUT2D eigenvalue weighted by Crippen LogP contribution is -2.54. The molecule has 0 radical (unpaired) electrons. The zero-order valence-corrected chi connectivity index (χ0v) is 26.5. The summed E-state index contributed by atoms with van der Waals surface area (Å²) in [6.07, 6.45) is 0. The number of anilines is 1. The fourth-order valence-electron chi connectivity index (χ4n) is 4.19. The summed E-state index contributed by atoms with van der Waals surface area (Å²) in [7, 11) is -1.45. The van der Waals surface area contributed by atoms with Gasteiger partial charge in [-0.1, -0.05) is 41.4 Å². The zero-order valence-electron chi connectivity index (χ0n) is 25.0. The smallest absolute Gasteiger partial charge is 0.264 e. The number of aryl methyl sites for hydroxylation is 1. The Hall–Kier alpha value is -3.76. The van der Waals surface area contributed by atoms with Crippen LogP contribution in [0.25, 0.3) is 0 Å². The van der Waals surface area contributed by atoms with Crippen LogP contribution in [0.5, 0.6) is 11.5 Å². The molecular formula is C31H38ClN3O6S. The van der Waals surface area contributed by atoms with E-state index in [4.69, 9.17) is 21.1 Å². The first-order valence-electron chi connectivity index (χ1n) is 13.3. The molecule has 0 spiro atoms. The van der Waals surface area contributed by atoms with Crippen molar-refractivity contribution < 1.29 is 27.5 Å². The maximum absolute atomic E-state index is 14.1. The Labute approximate surface area is 253 Å². The first-order chi connectivity index (χ1) is 19.7. The Morgan fingerprint density at radius 2 is 1.52 bits per heavy atom. The number of sulfonamides is 1. The molecule has 11 heteroatoms. The van der Waals surface area contributed by atoms with Gasteiger partial charge in [-0.15, -0.1) is 0 Å². The Morgan fingerprint density at radius 1 is 0.929 bits per heavy atom. The Bertz CT molecular complexity index is 1500. The van der Waals surface area contributed by atoms with Crippen LogP contribution in [-0.4, -0.2) is 57.5 Å². The second kappa shape index (κ2) is 13.5. The molecule has 226 valence electrons. The highest BCUT2D eigenvalue weighted by atomic mass is 35.5. The molecule has 0 saturated carbocycles. The van der Waals surface area contributed by atoms with Crippen LogP contribution in [0.3, 0.4) is 0 Å². The molecule has 0 fully saturated rings. The molecule has 0 aliphatic rings. The quantitative estimate of drug-likeness (QED) is 0.318. The summed E-state index contributed by atoms with van der Waals surface area (Å²) in [6, 6.07) is 17.0. The lowest BCUT2D eigenvalue weighted by molar-refractivity contribution is -0.140. The van der Waals surface area contributed by atoms with E-state index >= 15 is 0 Å². The first-order valence-corrected chi connectivity index (χ1v) is 15.2. The molecule has 0 unspecified atom stereocenters. The van der Waals surface area contributed by atoms with E-state index in [-0.39, 0.29) is 28.8 Å². The summed E-state index contributed by atoms with van der Waals surface area (Å²) in [5, 5.41) is 3.32. The van der Waals surface area contributed by atoms with E-state index in [1.165, 1.54) is 49.5 Å². The number of hydrogen-bond donors (Lipinski definition) is 1. The van der Waals surface area contributed by atoms with Crippen molar-refractivity contribution in [3.05, 3.63) is 82.9 Å². The van der Waals surface area contributed by atoms with Gasteiger partial charge in [0.1, 0.15) is 12.6 Å². The summed E-state index contributed by atoms with van der Waals surface area (Å²) < 4.78 is 39.7. The molecule has 0 aliphatic heterocycles. The minimum Gasteiger partial charge on any atom is -0.493 e. The van der Waals surface area contributed by atoms with Crippen molar-refractivity contribution >= 4 is 39.1 Å². The molecule has 0 aliphatic carbocycles. The summed E-state index contributed by atoms with van der Waals surface area (Å²) in [6.45, 7) is 8.66. The lowest BCUT2D eigenvalue weighted by Gasteiger charge is -2.33. The average molecular weight is 616 g/mol. The van der Waals surface area contributed by atoms with Gasteiger partial charge in [0.25, 0.3) is 10.0 Å². The second-order valence-corrected chi connectivity index (χ2v) is 13.2. The van der Waals surface area contributed by atoms with E-state index in [1.807, 2.05) is 52.0 Å². The van der Waals surface area contributed by atoms with Gasteiger partial charge in [0, 0.05) is 23.2 Å². The SMILES string of the molecule is COc1ccc(S(=O)(=O)N(CC(=O)N(Cc2ccc(C)cc2)[C@@H](C)C(=O)NC(C)(C)C)c2ccc(Cl)cc2)cc1OC. The molecule has 0 saturated heterocycles. The number of methoxy groups -OCH3 is 2. The van der Waals surface area contributed by atoms with Crippen LogP contribution in [0.4, 0.5) is 5.69 Å². The van der Waals surface area contributed by atoms with Crippen molar-refractivity contribution in [2.24, 2.45) is 0 Å². The molecule has 1 N–H and O–H groups in total. The Kier molecular flexibility index (Phi) is 10.5. The highest BCUT2D eigenvalue weighted by Crippen LogP contribution is 2.32. The van der Waals surface area contributed by atoms with Crippen molar-refractivity contribution in [3.8, 4) is 11.5 Å². The van der Waals surface area contributed by atoms with Crippen LogP contribution in [0.15, 0.2) is 71.6 Å². The van der Waals surface area contributed by atoms with Crippen LogP contribution in [0.1, 0.15) is 38.8 Å². The predicted molar refractivity (Wildman–Crippen MR) is 165 cm³/mol. The van der Waals surface area contributed by atoms with Crippen LogP contribution < -0.4 is 19.1 Å². The van der Waals surface area contributed by atoms with E-state index in [1.54, 1.807) is 19.1 Å². The van der Waals surface area contributed by atoms with Crippen LogP contribution in [0, 0.1) is 6.92 Å². The third kappa shape index (κ3) is 8.17. The van der Waals surface area contributed by atoms with Gasteiger partial charge in [-0.25, -0.2) is 8.42 Å². The molecule has 1 atom stereocenters. The van der Waals surface area contributed by atoms with Gasteiger partial charge in [0.05, 0.1) is 24.8 Å². The highest BCUT2D eigenvalue weighted by molar-refractivity contribution is 7.92. The van der Waals surface area contributed by atoms with Crippen molar-refractivity contribution in [1.29, 1.82) is 0 Å². The molecule has 0 aromatic heterocycles. The first kappa shape index (κ1) is 32.8.